The molecule has 0 radical (unpaired) electrons. The minimum atomic E-state index is -1.40. The minimum absolute atomic E-state index is 0.219. The Kier molecular flexibility index (Phi) is 6.42. The predicted octanol–water partition coefficient (Wildman–Crippen LogP) is 1.52. The molecule has 2 nitrogen and oxygen atoms in total. The van der Waals surface area contributed by atoms with Crippen LogP contribution in [0.25, 0.3) is 0 Å². The van der Waals surface area contributed by atoms with E-state index >= 15 is 0 Å². The lowest BCUT2D eigenvalue weighted by Gasteiger charge is -2.12. The second-order valence-electron chi connectivity index (χ2n) is 2.14. The van der Waals surface area contributed by atoms with E-state index in [1.54, 1.807) is 14.2 Å². The number of halogens is 1. The molecule has 62 valence electrons. The van der Waals surface area contributed by atoms with Gasteiger partial charge in [0.05, 0.1) is 0 Å². The number of hydrogen-bond donors (Lipinski definition) is 0. The van der Waals surface area contributed by atoms with E-state index in [9.17, 15) is 0 Å². The van der Waals surface area contributed by atoms with Gasteiger partial charge in [-0.1, -0.05) is 6.92 Å². The van der Waals surface area contributed by atoms with E-state index < -0.39 is 9.28 Å². The predicted molar refractivity (Wildman–Crippen MR) is 45.9 cm³/mol. The molecule has 0 rings (SSSR count). The molecule has 0 aromatic carbocycles. The quantitative estimate of drug-likeness (QED) is 0.474. The monoisotopic (exact) mass is 182 g/mol. The summed E-state index contributed by atoms with van der Waals surface area (Å²) < 4.78 is 10.2. The molecule has 10 heavy (non-hydrogen) atoms. The average molecular weight is 183 g/mol. The summed E-state index contributed by atoms with van der Waals surface area (Å²) in [6.07, 6.45) is 0.984. The number of hydrogen-bond acceptors (Lipinski definition) is 2. The molecule has 1 atom stereocenters. The Morgan fingerprint density at radius 2 is 1.90 bits per heavy atom. The number of alkyl halides is 1. The largest absolute Gasteiger partial charge is 0.400 e. The maximum atomic E-state index is 5.89. The van der Waals surface area contributed by atoms with E-state index in [4.69, 9.17) is 20.5 Å². The first kappa shape index (κ1) is 10.4. The second-order valence-corrected chi connectivity index (χ2v) is 5.03. The normalized spacial score (nSPS) is 14.1. The molecule has 0 fully saturated rings. The first-order valence-corrected chi connectivity index (χ1v) is 5.63. The van der Waals surface area contributed by atoms with Gasteiger partial charge >= 0.3 is 9.28 Å². The maximum Gasteiger partial charge on any atom is 0.322 e. The third-order valence-electron chi connectivity index (χ3n) is 1.42. The van der Waals surface area contributed by atoms with Crippen molar-refractivity contribution in [3.63, 3.8) is 0 Å². The zero-order valence-electron chi connectivity index (χ0n) is 6.76. The van der Waals surface area contributed by atoms with E-state index in [1.165, 1.54) is 0 Å². The van der Waals surface area contributed by atoms with Crippen LogP contribution in [0.15, 0.2) is 0 Å². The van der Waals surface area contributed by atoms with E-state index in [0.29, 0.717) is 0 Å². The fourth-order valence-corrected chi connectivity index (χ4v) is 2.43. The van der Waals surface area contributed by atoms with Gasteiger partial charge in [0.2, 0.25) is 0 Å². The zero-order valence-corrected chi connectivity index (χ0v) is 8.67. The smallest absolute Gasteiger partial charge is 0.322 e. The van der Waals surface area contributed by atoms with Crippen LogP contribution >= 0.6 is 11.6 Å². The summed E-state index contributed by atoms with van der Waals surface area (Å²) in [4.78, 5) is 0. The maximum absolute atomic E-state index is 5.89. The fourth-order valence-electron chi connectivity index (χ4n) is 0.664. The van der Waals surface area contributed by atoms with Crippen LogP contribution in [0, 0.1) is 0 Å². The average Bonchev–Trinajstić information content (AvgIpc) is 1.99. The molecule has 0 heterocycles. The standard InChI is InChI=1S/C6H15ClO2Si/c1-4-6(7)5-10(8-2)9-3/h6,10H,4-5H2,1-3H3. The molecule has 0 amide bonds. The summed E-state index contributed by atoms with van der Waals surface area (Å²) in [7, 11) is 1.96. The van der Waals surface area contributed by atoms with Gasteiger partial charge < -0.3 is 8.85 Å². The molecule has 0 spiro atoms. The Hall–Kier alpha value is 0.427. The van der Waals surface area contributed by atoms with Crippen molar-refractivity contribution in [1.29, 1.82) is 0 Å². The summed E-state index contributed by atoms with van der Waals surface area (Å²) in [5, 5.41) is 0.219. The van der Waals surface area contributed by atoms with Crippen molar-refractivity contribution in [3.8, 4) is 0 Å². The van der Waals surface area contributed by atoms with Crippen LogP contribution in [-0.2, 0) is 8.85 Å². The highest BCUT2D eigenvalue weighted by Gasteiger charge is 2.14. The van der Waals surface area contributed by atoms with Gasteiger partial charge in [0, 0.05) is 25.6 Å². The van der Waals surface area contributed by atoms with Crippen LogP contribution in [0.2, 0.25) is 6.04 Å². The highest BCUT2D eigenvalue weighted by Crippen LogP contribution is 2.10. The van der Waals surface area contributed by atoms with Crippen molar-refractivity contribution in [3.05, 3.63) is 0 Å². The Bertz CT molecular complexity index is 78.1. The van der Waals surface area contributed by atoms with Crippen LogP contribution in [0.3, 0.4) is 0 Å². The second kappa shape index (κ2) is 6.16. The van der Waals surface area contributed by atoms with Gasteiger partial charge in [-0.05, 0) is 6.42 Å². The van der Waals surface area contributed by atoms with Gasteiger partial charge in [-0.15, -0.1) is 11.6 Å². The first-order valence-electron chi connectivity index (χ1n) is 3.44. The van der Waals surface area contributed by atoms with Gasteiger partial charge in [0.1, 0.15) is 0 Å². The van der Waals surface area contributed by atoms with Crippen molar-refractivity contribution in [2.24, 2.45) is 0 Å². The third-order valence-corrected chi connectivity index (χ3v) is 4.21. The fraction of sp³-hybridized carbons (Fsp3) is 1.00. The van der Waals surface area contributed by atoms with Crippen molar-refractivity contribution < 1.29 is 8.85 Å². The van der Waals surface area contributed by atoms with E-state index in [1.807, 2.05) is 0 Å². The van der Waals surface area contributed by atoms with Crippen LogP contribution in [0.5, 0.6) is 0 Å². The van der Waals surface area contributed by atoms with Crippen LogP contribution < -0.4 is 0 Å². The lowest BCUT2D eigenvalue weighted by Crippen LogP contribution is -2.22. The molecule has 0 aliphatic rings. The Balaban J connectivity index is 3.41. The SMILES string of the molecule is CCC(Cl)C[SiH](OC)OC. The molecular formula is C6H15ClO2Si. The first-order chi connectivity index (χ1) is 4.74. The summed E-state index contributed by atoms with van der Waals surface area (Å²) in [6, 6.07) is 0.894. The van der Waals surface area contributed by atoms with E-state index in [-0.39, 0.29) is 5.38 Å². The molecule has 0 N–H and O–H groups in total. The van der Waals surface area contributed by atoms with Crippen LogP contribution in [0.1, 0.15) is 13.3 Å². The molecule has 0 saturated heterocycles. The van der Waals surface area contributed by atoms with E-state index in [0.717, 1.165) is 12.5 Å². The zero-order chi connectivity index (χ0) is 7.98. The summed E-state index contributed by atoms with van der Waals surface area (Å²) in [5.74, 6) is 0. The molecular weight excluding hydrogens is 168 g/mol. The summed E-state index contributed by atoms with van der Waals surface area (Å²) >= 11 is 5.89. The van der Waals surface area contributed by atoms with Gasteiger partial charge in [-0.2, -0.15) is 0 Å². The van der Waals surface area contributed by atoms with Crippen LogP contribution in [-0.4, -0.2) is 28.9 Å². The van der Waals surface area contributed by atoms with Gasteiger partial charge in [0.25, 0.3) is 0 Å². The van der Waals surface area contributed by atoms with E-state index in [2.05, 4.69) is 6.92 Å². The molecule has 4 heteroatoms. The Morgan fingerprint density at radius 1 is 1.40 bits per heavy atom. The topological polar surface area (TPSA) is 18.5 Å². The molecule has 0 aromatic rings. The van der Waals surface area contributed by atoms with Crippen molar-refractivity contribution in [1.82, 2.24) is 0 Å². The lowest BCUT2D eigenvalue weighted by molar-refractivity contribution is 0.277. The molecule has 0 aliphatic heterocycles. The number of rotatable bonds is 5. The Morgan fingerprint density at radius 3 is 2.20 bits per heavy atom. The van der Waals surface area contributed by atoms with Crippen LogP contribution in [0.4, 0.5) is 0 Å². The highest BCUT2D eigenvalue weighted by atomic mass is 35.5. The third kappa shape index (κ3) is 4.28. The van der Waals surface area contributed by atoms with Crippen molar-refractivity contribution in [2.45, 2.75) is 24.8 Å². The molecule has 1 unspecified atom stereocenters. The molecule has 0 aromatic heterocycles. The van der Waals surface area contributed by atoms with Gasteiger partial charge in [-0.3, -0.25) is 0 Å². The van der Waals surface area contributed by atoms with Gasteiger partial charge in [0.15, 0.2) is 0 Å². The van der Waals surface area contributed by atoms with Crippen molar-refractivity contribution in [2.75, 3.05) is 14.2 Å². The lowest BCUT2D eigenvalue weighted by atomic mass is 10.4. The molecule has 0 saturated carbocycles. The highest BCUT2D eigenvalue weighted by molar-refractivity contribution is 6.46. The summed E-state index contributed by atoms with van der Waals surface area (Å²) in [6.45, 7) is 2.06. The summed E-state index contributed by atoms with van der Waals surface area (Å²) in [5.41, 5.74) is 0. The minimum Gasteiger partial charge on any atom is -0.400 e. The molecule has 0 bridgehead atoms. The van der Waals surface area contributed by atoms with Gasteiger partial charge in [-0.25, -0.2) is 0 Å². The van der Waals surface area contributed by atoms with Crippen molar-refractivity contribution >= 4 is 20.9 Å². The molecule has 0 aliphatic carbocycles. The Labute approximate surface area is 69.3 Å².